The molecule has 1 fully saturated rings. The molecule has 0 spiro atoms. The Morgan fingerprint density at radius 1 is 1.42 bits per heavy atom. The largest absolute Gasteiger partial charge is 0.481 e. The van der Waals surface area contributed by atoms with Crippen molar-refractivity contribution < 1.29 is 18.3 Å². The van der Waals surface area contributed by atoms with Gasteiger partial charge in [-0.25, -0.2) is 8.42 Å². The van der Waals surface area contributed by atoms with Gasteiger partial charge in [0.05, 0.1) is 15.8 Å². The van der Waals surface area contributed by atoms with Crippen molar-refractivity contribution in [3.63, 3.8) is 0 Å². The summed E-state index contributed by atoms with van der Waals surface area (Å²) in [4.78, 5) is 11.2. The van der Waals surface area contributed by atoms with Gasteiger partial charge in [0.15, 0.2) is 0 Å². The number of carbonyl (C=O) groups is 1. The first-order chi connectivity index (χ1) is 11.3. The highest BCUT2D eigenvalue weighted by atomic mass is 35.5. The second-order valence-electron chi connectivity index (χ2n) is 5.62. The number of sulfonamides is 1. The summed E-state index contributed by atoms with van der Waals surface area (Å²) in [6, 6.07) is 4.18. The van der Waals surface area contributed by atoms with Crippen LogP contribution in [0.2, 0.25) is 5.02 Å². The van der Waals surface area contributed by atoms with Crippen LogP contribution in [0.4, 0.5) is 0 Å². The minimum atomic E-state index is -3.84. The fourth-order valence-electron chi connectivity index (χ4n) is 2.70. The number of carboxylic acids is 1. The first-order valence-corrected chi connectivity index (χ1v) is 8.89. The smallest absolute Gasteiger partial charge is 0.308 e. The minimum absolute atomic E-state index is 0.00457. The Balaban J connectivity index is 1.97. The predicted molar refractivity (Wildman–Crippen MR) is 83.7 cm³/mol. The van der Waals surface area contributed by atoms with E-state index in [1.54, 1.807) is 6.92 Å². The van der Waals surface area contributed by atoms with E-state index >= 15 is 0 Å². The van der Waals surface area contributed by atoms with E-state index in [1.165, 1.54) is 22.5 Å². The van der Waals surface area contributed by atoms with E-state index in [4.69, 9.17) is 11.6 Å². The maximum atomic E-state index is 12.8. The van der Waals surface area contributed by atoms with E-state index < -0.39 is 21.9 Å². The van der Waals surface area contributed by atoms with E-state index in [9.17, 15) is 18.3 Å². The van der Waals surface area contributed by atoms with Crippen LogP contribution in [0.5, 0.6) is 0 Å². The van der Waals surface area contributed by atoms with Gasteiger partial charge in [-0.15, -0.1) is 10.2 Å². The molecular formula is C13H14ClN5O4S. The van der Waals surface area contributed by atoms with Gasteiger partial charge in [-0.2, -0.15) is 9.52 Å². The van der Waals surface area contributed by atoms with E-state index in [-0.39, 0.29) is 34.7 Å². The second kappa shape index (κ2) is 6.11. The summed E-state index contributed by atoms with van der Waals surface area (Å²) in [5, 5.41) is 22.8. The van der Waals surface area contributed by atoms with Crippen LogP contribution in [0.25, 0.3) is 11.4 Å². The van der Waals surface area contributed by atoms with Crippen molar-refractivity contribution in [3.05, 3.63) is 23.2 Å². The maximum absolute atomic E-state index is 12.8. The van der Waals surface area contributed by atoms with Crippen molar-refractivity contribution in [1.29, 1.82) is 0 Å². The molecule has 1 aliphatic rings. The van der Waals surface area contributed by atoms with Crippen LogP contribution in [0.1, 0.15) is 6.92 Å². The number of aromatic amines is 1. The Morgan fingerprint density at radius 2 is 2.17 bits per heavy atom. The Bertz CT molecular complexity index is 870. The highest BCUT2D eigenvalue weighted by Gasteiger charge is 2.40. The second-order valence-corrected chi connectivity index (χ2v) is 7.97. The van der Waals surface area contributed by atoms with E-state index in [0.717, 1.165) is 0 Å². The van der Waals surface area contributed by atoms with Gasteiger partial charge in [0, 0.05) is 18.7 Å². The number of tetrazole rings is 1. The average Bonchev–Trinajstić information content (AvgIpc) is 3.17. The molecule has 2 aromatic rings. The Hall–Kier alpha value is -2.04. The first-order valence-electron chi connectivity index (χ1n) is 7.07. The van der Waals surface area contributed by atoms with Gasteiger partial charge < -0.3 is 5.11 Å². The number of H-pyrrole nitrogens is 1. The standard InChI is InChI=1S/C13H14ClN5O4S/c1-7-5-19(6-10(7)13(20)21)24(22,23)8-2-3-11(14)9(4-8)12-15-17-18-16-12/h2-4,7,10H,5-6H2,1H3,(H,20,21)(H,15,16,17,18)/t7-,10-/m1/s1. The van der Waals surface area contributed by atoms with Gasteiger partial charge in [0.1, 0.15) is 0 Å². The van der Waals surface area contributed by atoms with E-state index in [2.05, 4.69) is 20.6 Å². The topological polar surface area (TPSA) is 129 Å². The number of rotatable bonds is 4. The summed E-state index contributed by atoms with van der Waals surface area (Å²) in [6.45, 7) is 1.82. The fourth-order valence-corrected chi connectivity index (χ4v) is 4.50. The van der Waals surface area contributed by atoms with Crippen LogP contribution in [-0.4, -0.2) is 57.5 Å². The number of halogens is 1. The molecule has 11 heteroatoms. The molecule has 1 aromatic carbocycles. The third-order valence-corrected chi connectivity index (χ3v) is 6.22. The Morgan fingerprint density at radius 3 is 2.75 bits per heavy atom. The summed E-state index contributed by atoms with van der Waals surface area (Å²) in [7, 11) is -3.84. The molecule has 0 amide bonds. The highest BCUT2D eigenvalue weighted by molar-refractivity contribution is 7.89. The number of aromatic nitrogens is 4. The third-order valence-electron chi connectivity index (χ3n) is 4.06. The van der Waals surface area contributed by atoms with Crippen LogP contribution in [0.15, 0.2) is 23.1 Å². The molecule has 24 heavy (non-hydrogen) atoms. The van der Waals surface area contributed by atoms with E-state index in [1.807, 2.05) is 0 Å². The first kappa shape index (κ1) is 16.8. The van der Waals surface area contributed by atoms with Crippen LogP contribution in [0, 0.1) is 11.8 Å². The molecule has 0 bridgehead atoms. The molecule has 1 aliphatic heterocycles. The lowest BCUT2D eigenvalue weighted by atomic mass is 9.99. The van der Waals surface area contributed by atoms with Gasteiger partial charge in [0.25, 0.3) is 0 Å². The highest BCUT2D eigenvalue weighted by Crippen LogP contribution is 2.32. The minimum Gasteiger partial charge on any atom is -0.481 e. The molecule has 2 heterocycles. The van der Waals surface area contributed by atoms with Crippen LogP contribution in [0.3, 0.4) is 0 Å². The molecule has 0 radical (unpaired) electrons. The normalized spacial score (nSPS) is 21.9. The predicted octanol–water partition coefficient (Wildman–Crippen LogP) is 0.861. The summed E-state index contributed by atoms with van der Waals surface area (Å²) in [5.41, 5.74) is 0.327. The summed E-state index contributed by atoms with van der Waals surface area (Å²) in [5.74, 6) is -1.80. The van der Waals surface area contributed by atoms with Gasteiger partial charge in [-0.3, -0.25) is 4.79 Å². The van der Waals surface area contributed by atoms with Crippen molar-refractivity contribution >= 4 is 27.6 Å². The lowest BCUT2D eigenvalue weighted by molar-refractivity contribution is -0.142. The molecule has 2 N–H and O–H groups in total. The Kier molecular flexibility index (Phi) is 4.28. The molecule has 1 aromatic heterocycles. The van der Waals surface area contributed by atoms with Gasteiger partial charge >= 0.3 is 5.97 Å². The zero-order valence-corrected chi connectivity index (χ0v) is 14.1. The summed E-state index contributed by atoms with van der Waals surface area (Å²) in [6.07, 6.45) is 0. The quantitative estimate of drug-likeness (QED) is 0.815. The van der Waals surface area contributed by atoms with Crippen molar-refractivity contribution in [2.45, 2.75) is 11.8 Å². The molecule has 1 saturated heterocycles. The lowest BCUT2D eigenvalue weighted by Crippen LogP contribution is -2.30. The van der Waals surface area contributed by atoms with E-state index in [0.29, 0.717) is 5.56 Å². The van der Waals surface area contributed by atoms with Gasteiger partial charge in [-0.1, -0.05) is 18.5 Å². The summed E-state index contributed by atoms with van der Waals surface area (Å²) < 4.78 is 26.8. The SMILES string of the molecule is C[C@@H]1CN(S(=O)(=O)c2ccc(Cl)c(-c3nn[nH]n3)c2)C[C@H]1C(=O)O. The number of hydrogen-bond donors (Lipinski definition) is 2. The van der Waals surface area contributed by atoms with Gasteiger partial charge in [0.2, 0.25) is 15.8 Å². The number of nitrogens with zero attached hydrogens (tertiary/aromatic N) is 4. The molecule has 3 rings (SSSR count). The van der Waals surface area contributed by atoms with Crippen LogP contribution < -0.4 is 0 Å². The monoisotopic (exact) mass is 371 g/mol. The molecule has 2 atom stereocenters. The third kappa shape index (κ3) is 2.87. The zero-order chi connectivity index (χ0) is 17.5. The fraction of sp³-hybridized carbons (Fsp3) is 0.385. The summed E-state index contributed by atoms with van der Waals surface area (Å²) >= 11 is 6.08. The number of carboxylic acid groups (broad SMARTS) is 1. The van der Waals surface area contributed by atoms with Crippen molar-refractivity contribution in [3.8, 4) is 11.4 Å². The van der Waals surface area contributed by atoms with Crippen LogP contribution in [-0.2, 0) is 14.8 Å². The Labute approximate surface area is 142 Å². The molecule has 0 aliphatic carbocycles. The van der Waals surface area contributed by atoms with Crippen molar-refractivity contribution in [1.82, 2.24) is 24.9 Å². The van der Waals surface area contributed by atoms with Crippen molar-refractivity contribution in [2.75, 3.05) is 13.1 Å². The zero-order valence-electron chi connectivity index (χ0n) is 12.5. The molecular weight excluding hydrogens is 358 g/mol. The van der Waals surface area contributed by atoms with Gasteiger partial charge in [-0.05, 0) is 29.3 Å². The molecule has 0 unspecified atom stereocenters. The average molecular weight is 372 g/mol. The van der Waals surface area contributed by atoms with Crippen molar-refractivity contribution in [2.24, 2.45) is 11.8 Å². The number of nitrogens with one attached hydrogen (secondary N) is 1. The maximum Gasteiger partial charge on any atom is 0.308 e. The molecule has 128 valence electrons. The lowest BCUT2D eigenvalue weighted by Gasteiger charge is -2.16. The number of benzene rings is 1. The molecule has 9 nitrogen and oxygen atoms in total. The van der Waals surface area contributed by atoms with Crippen LogP contribution >= 0.6 is 11.6 Å². The number of hydrogen-bond acceptors (Lipinski definition) is 6. The molecule has 0 saturated carbocycles. The number of aliphatic carboxylic acids is 1.